The average Bonchev–Trinajstić information content (AvgIpc) is 2.90. The van der Waals surface area contributed by atoms with E-state index in [1.165, 1.54) is 0 Å². The summed E-state index contributed by atoms with van der Waals surface area (Å²) < 4.78 is 24.7. The molecule has 0 aliphatic carbocycles. The molecule has 1 unspecified atom stereocenters. The third-order valence-corrected chi connectivity index (χ3v) is 5.52. The molecule has 3 aromatic rings. The first-order chi connectivity index (χ1) is 11.3. The van der Waals surface area contributed by atoms with Crippen LogP contribution in [0.4, 0.5) is 0 Å². The Hall–Kier alpha value is -2.43. The van der Waals surface area contributed by atoms with Crippen molar-refractivity contribution in [1.82, 2.24) is 0 Å². The second kappa shape index (κ2) is 4.54. The molecule has 0 N–H and O–H groups in total. The first kappa shape index (κ1) is 13.0. The predicted molar refractivity (Wildman–Crippen MR) is 86.8 cm³/mol. The summed E-state index contributed by atoms with van der Waals surface area (Å²) in [4.78, 5) is 0.721. The summed E-state index contributed by atoms with van der Waals surface area (Å²) in [6.45, 7) is 0. The van der Waals surface area contributed by atoms with Crippen LogP contribution in [-0.4, -0.2) is 4.21 Å². The first-order valence-electron chi connectivity index (χ1n) is 7.38. The number of hydrogen-bond acceptors (Lipinski definition) is 3. The summed E-state index contributed by atoms with van der Waals surface area (Å²) in [5.41, 5.74) is 1.81. The fourth-order valence-electron chi connectivity index (χ4n) is 3.44. The van der Waals surface area contributed by atoms with Crippen LogP contribution >= 0.6 is 0 Å². The monoisotopic (exact) mass is 320 g/mol. The Morgan fingerprint density at radius 3 is 1.87 bits per heavy atom. The zero-order valence-electron chi connectivity index (χ0n) is 12.1. The van der Waals surface area contributed by atoms with Crippen molar-refractivity contribution in [3.63, 3.8) is 0 Å². The third kappa shape index (κ3) is 1.59. The third-order valence-electron chi connectivity index (χ3n) is 4.40. The molecule has 3 aromatic carbocycles. The Labute approximate surface area is 136 Å². The fraction of sp³-hybridized carbons (Fsp3) is 0.0526. The van der Waals surface area contributed by atoms with Crippen LogP contribution in [0.1, 0.15) is 16.7 Å². The Kier molecular flexibility index (Phi) is 2.57. The largest absolute Gasteiger partial charge is 0.457 e. The Morgan fingerprint density at radius 2 is 1.22 bits per heavy atom. The van der Waals surface area contributed by atoms with Gasteiger partial charge >= 0.3 is 0 Å². The summed E-state index contributed by atoms with van der Waals surface area (Å²) >= 11 is -1.50. The van der Waals surface area contributed by atoms with Gasteiger partial charge in [-0.25, -0.2) is 4.21 Å². The van der Waals surface area contributed by atoms with Crippen LogP contribution < -0.4 is 4.74 Å². The van der Waals surface area contributed by atoms with Crippen molar-refractivity contribution < 1.29 is 13.1 Å². The molecule has 112 valence electrons. The molecule has 5 rings (SSSR count). The normalized spacial score (nSPS) is 19.6. The van der Waals surface area contributed by atoms with Crippen molar-refractivity contribution in [3.05, 3.63) is 89.5 Å². The Bertz CT molecular complexity index is 919. The maximum atomic E-state index is 12.6. The van der Waals surface area contributed by atoms with Gasteiger partial charge in [0, 0.05) is 16.7 Å². The van der Waals surface area contributed by atoms with Crippen LogP contribution in [-0.2, 0) is 20.9 Å². The van der Waals surface area contributed by atoms with E-state index in [2.05, 4.69) is 0 Å². The van der Waals surface area contributed by atoms with Crippen molar-refractivity contribution in [2.24, 2.45) is 0 Å². The molecule has 1 atom stereocenters. The van der Waals surface area contributed by atoms with E-state index >= 15 is 0 Å². The molecule has 3 nitrogen and oxygen atoms in total. The fourth-order valence-corrected chi connectivity index (χ4v) is 4.61. The van der Waals surface area contributed by atoms with Gasteiger partial charge in [-0.05, 0) is 18.2 Å². The SMILES string of the molecule is O=S1OC2(c3ccccc3Oc3ccccc32)c2ccccc21. The van der Waals surface area contributed by atoms with Crippen molar-refractivity contribution in [2.75, 3.05) is 0 Å². The lowest BCUT2D eigenvalue weighted by Crippen LogP contribution is -2.32. The highest BCUT2D eigenvalue weighted by atomic mass is 32.2. The minimum absolute atomic E-state index is 0.721. The highest BCUT2D eigenvalue weighted by molar-refractivity contribution is 7.80. The van der Waals surface area contributed by atoms with Gasteiger partial charge in [-0.1, -0.05) is 54.6 Å². The van der Waals surface area contributed by atoms with Gasteiger partial charge in [0.1, 0.15) is 11.5 Å². The molecule has 0 radical (unpaired) electrons. The highest BCUT2D eigenvalue weighted by Crippen LogP contribution is 2.56. The van der Waals surface area contributed by atoms with Crippen LogP contribution in [0.3, 0.4) is 0 Å². The number of benzene rings is 3. The summed E-state index contributed by atoms with van der Waals surface area (Å²) in [6.07, 6.45) is 0. The molecule has 1 spiro atoms. The minimum Gasteiger partial charge on any atom is -0.457 e. The van der Waals surface area contributed by atoms with Gasteiger partial charge in [-0.2, -0.15) is 0 Å². The van der Waals surface area contributed by atoms with Crippen molar-refractivity contribution in [2.45, 2.75) is 10.5 Å². The molecule has 2 aliphatic heterocycles. The number of para-hydroxylation sites is 2. The predicted octanol–water partition coefficient (Wildman–Crippen LogP) is 4.14. The van der Waals surface area contributed by atoms with E-state index in [-0.39, 0.29) is 0 Å². The van der Waals surface area contributed by atoms with Gasteiger partial charge in [-0.3, -0.25) is 4.18 Å². The van der Waals surface area contributed by atoms with E-state index in [1.807, 2.05) is 72.8 Å². The molecule has 0 bridgehead atoms. The van der Waals surface area contributed by atoms with E-state index in [0.717, 1.165) is 33.1 Å². The lowest BCUT2D eigenvalue weighted by Gasteiger charge is -2.35. The van der Waals surface area contributed by atoms with Crippen LogP contribution in [0.5, 0.6) is 11.5 Å². The van der Waals surface area contributed by atoms with E-state index in [9.17, 15) is 4.21 Å². The van der Waals surface area contributed by atoms with Crippen LogP contribution in [0, 0.1) is 0 Å². The van der Waals surface area contributed by atoms with Crippen molar-refractivity contribution >= 4 is 11.1 Å². The van der Waals surface area contributed by atoms with Gasteiger partial charge in [0.05, 0.1) is 4.90 Å². The summed E-state index contributed by atoms with van der Waals surface area (Å²) in [7, 11) is 0. The second-order valence-electron chi connectivity index (χ2n) is 5.59. The van der Waals surface area contributed by atoms with Gasteiger partial charge in [0.2, 0.25) is 0 Å². The quantitative estimate of drug-likeness (QED) is 0.624. The maximum Gasteiger partial charge on any atom is 0.191 e. The Balaban J connectivity index is 1.93. The maximum absolute atomic E-state index is 12.6. The van der Waals surface area contributed by atoms with E-state index in [0.29, 0.717) is 0 Å². The summed E-state index contributed by atoms with van der Waals surface area (Å²) in [5.74, 6) is 1.47. The van der Waals surface area contributed by atoms with Crippen LogP contribution in [0.25, 0.3) is 0 Å². The molecular weight excluding hydrogens is 308 g/mol. The standard InChI is InChI=1S/C19H12O3S/c20-23-18-12-6-3-9-15(18)19(22-23)13-7-1-4-10-16(13)21-17-11-5-2-8-14(17)19/h1-12H. The molecule has 0 aromatic heterocycles. The van der Waals surface area contributed by atoms with Gasteiger partial charge < -0.3 is 4.74 Å². The molecule has 0 fully saturated rings. The summed E-state index contributed by atoms with van der Waals surface area (Å²) in [5, 5.41) is 0. The van der Waals surface area contributed by atoms with Gasteiger partial charge in [0.25, 0.3) is 0 Å². The molecule has 0 amide bonds. The van der Waals surface area contributed by atoms with Crippen molar-refractivity contribution in [1.29, 1.82) is 0 Å². The second-order valence-corrected chi connectivity index (χ2v) is 6.67. The molecule has 0 saturated heterocycles. The van der Waals surface area contributed by atoms with Gasteiger partial charge in [0.15, 0.2) is 16.7 Å². The van der Waals surface area contributed by atoms with Crippen LogP contribution in [0.15, 0.2) is 77.7 Å². The average molecular weight is 320 g/mol. The van der Waals surface area contributed by atoms with Gasteiger partial charge in [-0.15, -0.1) is 0 Å². The zero-order valence-corrected chi connectivity index (χ0v) is 12.9. The summed E-state index contributed by atoms with van der Waals surface area (Å²) in [6, 6.07) is 23.2. The van der Waals surface area contributed by atoms with E-state index in [1.54, 1.807) is 0 Å². The molecule has 0 saturated carbocycles. The molecular formula is C19H12O3S. The number of fused-ring (bicyclic) bond motifs is 6. The van der Waals surface area contributed by atoms with E-state index in [4.69, 9.17) is 8.92 Å². The Morgan fingerprint density at radius 1 is 0.696 bits per heavy atom. The number of rotatable bonds is 0. The smallest absolute Gasteiger partial charge is 0.191 e. The number of hydrogen-bond donors (Lipinski definition) is 0. The molecule has 4 heteroatoms. The highest BCUT2D eigenvalue weighted by Gasteiger charge is 2.52. The van der Waals surface area contributed by atoms with Crippen molar-refractivity contribution in [3.8, 4) is 11.5 Å². The zero-order chi connectivity index (χ0) is 15.4. The molecule has 2 heterocycles. The lowest BCUT2D eigenvalue weighted by atomic mass is 9.78. The minimum atomic E-state index is -1.50. The lowest BCUT2D eigenvalue weighted by molar-refractivity contribution is 0.175. The molecule has 23 heavy (non-hydrogen) atoms. The number of ether oxygens (including phenoxy) is 1. The molecule has 2 aliphatic rings. The van der Waals surface area contributed by atoms with Crippen LogP contribution in [0.2, 0.25) is 0 Å². The first-order valence-corrected chi connectivity index (χ1v) is 8.46. The van der Waals surface area contributed by atoms with E-state index < -0.39 is 16.7 Å². The topological polar surface area (TPSA) is 35.5 Å².